The van der Waals surface area contributed by atoms with E-state index in [1.54, 1.807) is 0 Å². The molecule has 0 aromatic heterocycles. The maximum atomic E-state index is 12.7. The molecule has 5 rings (SSSR count). The minimum Gasteiger partial charge on any atom is -0.299 e. The number of benzene rings is 1. The van der Waals surface area contributed by atoms with Gasteiger partial charge in [-0.05, 0) is 25.0 Å². The molecule has 0 unspecified atom stereocenters. The number of carbonyl (C=O) groups is 3. The Balaban J connectivity index is 1.91. The first-order valence-corrected chi connectivity index (χ1v) is 7.51. The zero-order valence-electron chi connectivity index (χ0n) is 12.1. The van der Waals surface area contributed by atoms with E-state index in [1.807, 2.05) is 38.1 Å². The molecule has 1 saturated carbocycles. The maximum absolute atomic E-state index is 12.7. The van der Waals surface area contributed by atoms with Crippen molar-refractivity contribution in [2.24, 2.45) is 11.8 Å². The van der Waals surface area contributed by atoms with Crippen LogP contribution in [0, 0.1) is 11.8 Å². The first-order valence-electron chi connectivity index (χ1n) is 7.51. The van der Waals surface area contributed by atoms with Gasteiger partial charge in [0.05, 0.1) is 17.8 Å². The first-order chi connectivity index (χ1) is 10.0. The van der Waals surface area contributed by atoms with Gasteiger partial charge in [-0.3, -0.25) is 19.3 Å². The third-order valence-electron chi connectivity index (χ3n) is 5.24. The standard InChI is InChI=1S/C17H17NO3/c1-8(2)18-16(20)14-11-7-12(19)13(15(14)17(18)21)10-6-4-3-5-9(10)11/h3-6,8,11,13-15H,7H2,1-2H3/t11-,13+,14+,15-/m0/s1. The molecule has 108 valence electrons. The Hall–Kier alpha value is -1.97. The molecule has 2 fully saturated rings. The average Bonchev–Trinajstić information content (AvgIpc) is 2.72. The Morgan fingerprint density at radius 1 is 1.00 bits per heavy atom. The van der Waals surface area contributed by atoms with Gasteiger partial charge in [-0.2, -0.15) is 0 Å². The van der Waals surface area contributed by atoms with Crippen LogP contribution in [-0.2, 0) is 14.4 Å². The molecule has 1 aliphatic heterocycles. The lowest BCUT2D eigenvalue weighted by Crippen LogP contribution is -2.44. The molecule has 1 saturated heterocycles. The van der Waals surface area contributed by atoms with Crippen molar-refractivity contribution < 1.29 is 14.4 Å². The van der Waals surface area contributed by atoms with E-state index in [4.69, 9.17) is 0 Å². The molecule has 4 aliphatic rings. The summed E-state index contributed by atoms with van der Waals surface area (Å²) in [4.78, 5) is 39.2. The fraction of sp³-hybridized carbons (Fsp3) is 0.471. The molecule has 4 heteroatoms. The summed E-state index contributed by atoms with van der Waals surface area (Å²) in [6.07, 6.45) is 0.397. The predicted molar refractivity (Wildman–Crippen MR) is 75.5 cm³/mol. The lowest BCUT2D eigenvalue weighted by atomic mass is 9.56. The third kappa shape index (κ3) is 1.42. The number of hydrogen-bond acceptors (Lipinski definition) is 3. The van der Waals surface area contributed by atoms with Crippen LogP contribution in [0.25, 0.3) is 0 Å². The first kappa shape index (κ1) is 12.7. The second-order valence-corrected chi connectivity index (χ2v) is 6.58. The molecule has 0 N–H and O–H groups in total. The van der Waals surface area contributed by atoms with Gasteiger partial charge >= 0.3 is 0 Å². The number of nitrogens with zero attached hydrogens (tertiary/aromatic N) is 1. The lowest BCUT2D eigenvalue weighted by Gasteiger charge is -2.43. The highest BCUT2D eigenvalue weighted by Gasteiger charge is 2.62. The van der Waals surface area contributed by atoms with E-state index in [0.717, 1.165) is 11.1 Å². The van der Waals surface area contributed by atoms with Crippen molar-refractivity contribution in [1.82, 2.24) is 4.90 Å². The van der Waals surface area contributed by atoms with Crippen molar-refractivity contribution in [3.05, 3.63) is 35.4 Å². The SMILES string of the molecule is CC(C)N1C(=O)[C@@H]2[C@H](C1=O)[C@H]1CC(=O)[C@H]2c2ccccc21. The summed E-state index contributed by atoms with van der Waals surface area (Å²) in [5.41, 5.74) is 2.06. The summed E-state index contributed by atoms with van der Waals surface area (Å²) in [7, 11) is 0. The van der Waals surface area contributed by atoms with Gasteiger partial charge in [0.1, 0.15) is 5.78 Å². The van der Waals surface area contributed by atoms with Crippen molar-refractivity contribution in [2.75, 3.05) is 0 Å². The van der Waals surface area contributed by atoms with E-state index >= 15 is 0 Å². The van der Waals surface area contributed by atoms with Gasteiger partial charge in [0, 0.05) is 18.4 Å². The Morgan fingerprint density at radius 2 is 1.62 bits per heavy atom. The highest BCUT2D eigenvalue weighted by Crippen LogP contribution is 2.57. The number of imide groups is 1. The number of fused-ring (bicyclic) bond motifs is 1. The molecule has 2 bridgehead atoms. The number of carbonyl (C=O) groups excluding carboxylic acids is 3. The van der Waals surface area contributed by atoms with E-state index in [0.29, 0.717) is 6.42 Å². The molecule has 21 heavy (non-hydrogen) atoms. The fourth-order valence-corrected chi connectivity index (χ4v) is 4.49. The predicted octanol–water partition coefficient (Wildman–Crippen LogP) is 1.85. The normalized spacial score (nSPS) is 33.7. The van der Waals surface area contributed by atoms with Crippen LogP contribution in [0.15, 0.2) is 24.3 Å². The van der Waals surface area contributed by atoms with Gasteiger partial charge < -0.3 is 0 Å². The van der Waals surface area contributed by atoms with Crippen LogP contribution in [0.1, 0.15) is 43.2 Å². The molecule has 2 amide bonds. The molecule has 1 heterocycles. The van der Waals surface area contributed by atoms with Gasteiger partial charge in [-0.1, -0.05) is 24.3 Å². The molecule has 0 radical (unpaired) electrons. The highest BCUT2D eigenvalue weighted by molar-refractivity contribution is 6.11. The molecule has 0 spiro atoms. The smallest absolute Gasteiger partial charge is 0.234 e. The van der Waals surface area contributed by atoms with Crippen LogP contribution >= 0.6 is 0 Å². The summed E-state index contributed by atoms with van der Waals surface area (Å²) in [6.45, 7) is 3.70. The van der Waals surface area contributed by atoms with E-state index in [-0.39, 0.29) is 35.5 Å². The number of rotatable bonds is 1. The minimum absolute atomic E-state index is 0.0861. The van der Waals surface area contributed by atoms with Crippen LogP contribution in [-0.4, -0.2) is 28.5 Å². The second kappa shape index (κ2) is 4.03. The molecule has 1 aromatic carbocycles. The van der Waals surface area contributed by atoms with Gasteiger partial charge in [-0.25, -0.2) is 0 Å². The Bertz CT molecular complexity index is 678. The number of hydrogen-bond donors (Lipinski definition) is 0. The second-order valence-electron chi connectivity index (χ2n) is 6.58. The van der Waals surface area contributed by atoms with Gasteiger partial charge in [0.15, 0.2) is 0 Å². The Kier molecular flexibility index (Phi) is 2.44. The number of amides is 2. The van der Waals surface area contributed by atoms with Crippen LogP contribution in [0.3, 0.4) is 0 Å². The molecule has 4 atom stereocenters. The minimum atomic E-state index is -0.471. The van der Waals surface area contributed by atoms with Crippen molar-refractivity contribution >= 4 is 17.6 Å². The monoisotopic (exact) mass is 283 g/mol. The summed E-state index contributed by atoms with van der Waals surface area (Å²) in [5.74, 6) is -1.47. The van der Waals surface area contributed by atoms with Crippen LogP contribution in [0.4, 0.5) is 0 Å². The van der Waals surface area contributed by atoms with Crippen LogP contribution < -0.4 is 0 Å². The van der Waals surface area contributed by atoms with Gasteiger partial charge in [0.2, 0.25) is 11.8 Å². The number of likely N-dealkylation sites (tertiary alicyclic amines) is 1. The largest absolute Gasteiger partial charge is 0.299 e. The van der Waals surface area contributed by atoms with E-state index in [2.05, 4.69) is 0 Å². The lowest BCUT2D eigenvalue weighted by molar-refractivity contribution is -0.142. The summed E-state index contributed by atoms with van der Waals surface area (Å²) in [6, 6.07) is 7.65. The van der Waals surface area contributed by atoms with Crippen molar-refractivity contribution in [2.45, 2.75) is 38.1 Å². The van der Waals surface area contributed by atoms with Gasteiger partial charge in [0.25, 0.3) is 0 Å². The molecular weight excluding hydrogens is 266 g/mol. The molecule has 3 aliphatic carbocycles. The van der Waals surface area contributed by atoms with Crippen molar-refractivity contribution in [3.63, 3.8) is 0 Å². The number of Topliss-reactive ketones (excluding diaryl/α,β-unsaturated/α-hetero) is 1. The van der Waals surface area contributed by atoms with Crippen LogP contribution in [0.5, 0.6) is 0 Å². The quantitative estimate of drug-likeness (QED) is 0.739. The topological polar surface area (TPSA) is 54.5 Å². The Labute approximate surface area is 123 Å². The number of ketones is 1. The fourth-order valence-electron chi connectivity index (χ4n) is 4.49. The van der Waals surface area contributed by atoms with Crippen molar-refractivity contribution in [3.8, 4) is 0 Å². The van der Waals surface area contributed by atoms with Gasteiger partial charge in [-0.15, -0.1) is 0 Å². The highest BCUT2D eigenvalue weighted by atomic mass is 16.2. The van der Waals surface area contributed by atoms with Crippen LogP contribution in [0.2, 0.25) is 0 Å². The summed E-state index contributed by atoms with van der Waals surface area (Å²) >= 11 is 0. The molecule has 4 nitrogen and oxygen atoms in total. The average molecular weight is 283 g/mol. The zero-order valence-corrected chi connectivity index (χ0v) is 12.1. The van der Waals surface area contributed by atoms with E-state index in [9.17, 15) is 14.4 Å². The molecular formula is C17H17NO3. The summed E-state index contributed by atoms with van der Waals surface area (Å²) < 4.78 is 0. The Morgan fingerprint density at radius 3 is 2.29 bits per heavy atom. The molecule has 1 aromatic rings. The zero-order chi connectivity index (χ0) is 14.9. The third-order valence-corrected chi connectivity index (χ3v) is 5.24. The van der Waals surface area contributed by atoms with E-state index in [1.165, 1.54) is 4.90 Å². The van der Waals surface area contributed by atoms with Crippen molar-refractivity contribution in [1.29, 1.82) is 0 Å². The maximum Gasteiger partial charge on any atom is 0.234 e. The van der Waals surface area contributed by atoms with E-state index < -0.39 is 11.8 Å². The summed E-state index contributed by atoms with van der Waals surface area (Å²) in [5, 5.41) is 0.